The molecule has 0 aliphatic carbocycles. The number of hydrogen-bond acceptors (Lipinski definition) is 5. The van der Waals surface area contributed by atoms with Crippen molar-refractivity contribution in [3.8, 4) is 11.5 Å². The molecule has 0 radical (unpaired) electrons. The fraction of sp³-hybridized carbons (Fsp3) is 0.353. The van der Waals surface area contributed by atoms with E-state index >= 15 is 0 Å². The van der Waals surface area contributed by atoms with Gasteiger partial charge >= 0.3 is 6.18 Å². The maximum atomic E-state index is 13.4. The van der Waals surface area contributed by atoms with Crippen molar-refractivity contribution in [2.45, 2.75) is 31.5 Å². The molecule has 0 fully saturated rings. The third-order valence-corrected chi connectivity index (χ3v) is 6.46. The van der Waals surface area contributed by atoms with Crippen LogP contribution in [0.1, 0.15) is 19.5 Å². The molecule has 0 aromatic carbocycles. The number of hydrogen-bond donors (Lipinski definition) is 0. The van der Waals surface area contributed by atoms with Crippen molar-refractivity contribution in [2.24, 2.45) is 7.05 Å². The molecule has 0 N–H and O–H groups in total. The fourth-order valence-corrected chi connectivity index (χ4v) is 4.23. The molecule has 3 aromatic heterocycles. The van der Waals surface area contributed by atoms with Crippen molar-refractivity contribution >= 4 is 32.5 Å². The van der Waals surface area contributed by atoms with Gasteiger partial charge in [-0.05, 0) is 25.1 Å². The topological polar surface area (TPSA) is 86.8 Å². The second kappa shape index (κ2) is 7.13. The number of aryl methyl sites for hydroxylation is 1. The molecule has 156 valence electrons. The number of sulfone groups is 1. The van der Waals surface area contributed by atoms with E-state index in [4.69, 9.17) is 11.6 Å². The van der Waals surface area contributed by atoms with Crippen LogP contribution in [0, 0.1) is 0 Å². The first-order valence-electron chi connectivity index (χ1n) is 8.49. The van der Waals surface area contributed by atoms with Gasteiger partial charge in [0.05, 0.1) is 16.2 Å². The number of fused-ring (bicyclic) bond motifs is 1. The van der Waals surface area contributed by atoms with Crippen molar-refractivity contribution in [3.63, 3.8) is 0 Å². The summed E-state index contributed by atoms with van der Waals surface area (Å²) in [7, 11) is -2.33. The zero-order valence-electron chi connectivity index (χ0n) is 15.6. The molecule has 0 bridgehead atoms. The number of nitrogens with zero attached hydrogens (tertiary/aromatic N) is 4. The monoisotopic (exact) mass is 448 g/mol. The molecule has 0 aliphatic rings. The molecule has 3 rings (SSSR count). The highest BCUT2D eigenvalue weighted by molar-refractivity contribution is 7.91. The Kier molecular flexibility index (Phi) is 5.24. The summed E-state index contributed by atoms with van der Waals surface area (Å²) in [6.07, 6.45) is -4.76. The van der Waals surface area contributed by atoms with Crippen molar-refractivity contribution in [1.82, 2.24) is 19.1 Å². The summed E-state index contributed by atoms with van der Waals surface area (Å²) in [5.74, 6) is -0.303. The molecule has 7 nitrogen and oxygen atoms in total. The van der Waals surface area contributed by atoms with Crippen LogP contribution in [-0.2, 0) is 29.6 Å². The van der Waals surface area contributed by atoms with Crippen LogP contribution in [0.25, 0.3) is 22.6 Å². The van der Waals surface area contributed by atoms with E-state index in [1.165, 1.54) is 37.6 Å². The molecule has 12 heteroatoms. The normalized spacial score (nSPS) is 12.7. The van der Waals surface area contributed by atoms with Crippen LogP contribution in [0.3, 0.4) is 0 Å². The summed E-state index contributed by atoms with van der Waals surface area (Å²) < 4.78 is 66.9. The third kappa shape index (κ3) is 3.52. The number of alkyl halides is 3. The second-order valence-corrected chi connectivity index (χ2v) is 8.82. The molecule has 3 heterocycles. The number of halogens is 4. The lowest BCUT2D eigenvalue weighted by Gasteiger charge is -2.14. The largest absolute Gasteiger partial charge is 0.431 e. The summed E-state index contributed by atoms with van der Waals surface area (Å²) in [5, 5.41) is -0.0240. The van der Waals surface area contributed by atoms with Crippen molar-refractivity contribution < 1.29 is 21.6 Å². The molecule has 29 heavy (non-hydrogen) atoms. The highest BCUT2D eigenvalue weighted by Crippen LogP contribution is 2.33. The van der Waals surface area contributed by atoms with Gasteiger partial charge in [-0.25, -0.2) is 18.4 Å². The number of aromatic nitrogens is 4. The van der Waals surface area contributed by atoms with Crippen LogP contribution in [0.15, 0.2) is 27.9 Å². The first-order chi connectivity index (χ1) is 13.4. The highest BCUT2D eigenvalue weighted by Gasteiger charge is 2.36. The van der Waals surface area contributed by atoms with Gasteiger partial charge in [0.15, 0.2) is 15.7 Å². The Bertz CT molecular complexity index is 1280. The maximum absolute atomic E-state index is 13.4. The minimum absolute atomic E-state index is 0.0240. The van der Waals surface area contributed by atoms with Gasteiger partial charge in [-0.1, -0.05) is 18.5 Å². The van der Waals surface area contributed by atoms with E-state index in [2.05, 4.69) is 9.97 Å². The lowest BCUT2D eigenvalue weighted by atomic mass is 10.3. The van der Waals surface area contributed by atoms with Gasteiger partial charge in [0, 0.05) is 13.6 Å². The molecular weight excluding hydrogens is 433 g/mol. The summed E-state index contributed by atoms with van der Waals surface area (Å²) in [4.78, 5) is 20.7. The van der Waals surface area contributed by atoms with E-state index < -0.39 is 27.3 Å². The van der Waals surface area contributed by atoms with Crippen molar-refractivity contribution in [1.29, 1.82) is 0 Å². The Hall–Kier alpha value is -2.40. The quantitative estimate of drug-likeness (QED) is 0.572. The van der Waals surface area contributed by atoms with E-state index in [1.807, 2.05) is 0 Å². The smallest absolute Gasteiger partial charge is 0.321 e. The lowest BCUT2D eigenvalue weighted by Crippen LogP contribution is -2.28. The average molecular weight is 449 g/mol. The molecule has 0 atom stereocenters. The predicted octanol–water partition coefficient (Wildman–Crippen LogP) is 3.28. The van der Waals surface area contributed by atoms with E-state index in [1.54, 1.807) is 0 Å². The van der Waals surface area contributed by atoms with E-state index in [-0.39, 0.29) is 44.9 Å². The lowest BCUT2D eigenvalue weighted by molar-refractivity contribution is -0.144. The Balaban J connectivity index is 2.44. The summed E-state index contributed by atoms with van der Waals surface area (Å²) in [6.45, 7) is 2.66. The molecular formula is C17H16ClF3N4O3S. The number of imidazole rings is 1. The van der Waals surface area contributed by atoms with Crippen LogP contribution in [-0.4, -0.2) is 33.3 Å². The molecule has 0 spiro atoms. The van der Waals surface area contributed by atoms with Gasteiger partial charge in [0.25, 0.3) is 5.56 Å². The molecule has 0 saturated heterocycles. The van der Waals surface area contributed by atoms with Crippen LogP contribution < -0.4 is 5.56 Å². The number of rotatable bonds is 4. The first kappa shape index (κ1) is 21.3. The molecule has 0 unspecified atom stereocenters. The van der Waals surface area contributed by atoms with Gasteiger partial charge in [0.2, 0.25) is 0 Å². The van der Waals surface area contributed by atoms with E-state index in [9.17, 15) is 26.4 Å². The van der Waals surface area contributed by atoms with Gasteiger partial charge in [-0.2, -0.15) is 13.2 Å². The summed E-state index contributed by atoms with van der Waals surface area (Å²) in [6, 6.07) is 3.32. The second-order valence-electron chi connectivity index (χ2n) is 6.19. The van der Waals surface area contributed by atoms with Crippen molar-refractivity contribution in [2.75, 3.05) is 5.75 Å². The predicted molar refractivity (Wildman–Crippen MR) is 102 cm³/mol. The first-order valence-corrected chi connectivity index (χ1v) is 10.5. The van der Waals surface area contributed by atoms with Gasteiger partial charge in [0.1, 0.15) is 22.1 Å². The van der Waals surface area contributed by atoms with Crippen LogP contribution in [0.5, 0.6) is 0 Å². The summed E-state index contributed by atoms with van der Waals surface area (Å²) in [5.41, 5.74) is -2.47. The van der Waals surface area contributed by atoms with Crippen molar-refractivity contribution in [3.05, 3.63) is 39.4 Å². The van der Waals surface area contributed by atoms with Crippen LogP contribution >= 0.6 is 11.6 Å². The van der Waals surface area contributed by atoms with Gasteiger partial charge < -0.3 is 9.13 Å². The minimum atomic E-state index is -4.76. The maximum Gasteiger partial charge on any atom is 0.431 e. The van der Waals surface area contributed by atoms with Crippen LogP contribution in [0.2, 0.25) is 5.15 Å². The van der Waals surface area contributed by atoms with E-state index in [0.29, 0.717) is 4.57 Å². The Morgan fingerprint density at radius 2 is 1.83 bits per heavy atom. The standard InChI is InChI=1S/C17H16ClF3N4O3S/c1-4-25-11(17(19,20)21)8-9-14(16(25)26)24(3)15(22-9)13-10(29(27,28)5-2)6-7-12(18)23-13/h6-8H,4-5H2,1-3H3. The zero-order chi connectivity index (χ0) is 21.7. The Morgan fingerprint density at radius 3 is 2.38 bits per heavy atom. The van der Waals surface area contributed by atoms with Crippen LogP contribution in [0.4, 0.5) is 13.2 Å². The van der Waals surface area contributed by atoms with Gasteiger partial charge in [-0.3, -0.25) is 4.79 Å². The SMILES string of the molecule is CCn1c(C(F)(F)F)cc2nc(-c3nc(Cl)ccc3S(=O)(=O)CC)n(C)c2c1=O. The zero-order valence-corrected chi connectivity index (χ0v) is 17.2. The Morgan fingerprint density at radius 1 is 1.17 bits per heavy atom. The highest BCUT2D eigenvalue weighted by atomic mass is 35.5. The number of pyridine rings is 2. The molecule has 0 aliphatic heterocycles. The van der Waals surface area contributed by atoms with Gasteiger partial charge in [-0.15, -0.1) is 0 Å². The third-order valence-electron chi connectivity index (χ3n) is 4.49. The van der Waals surface area contributed by atoms with E-state index in [0.717, 1.165) is 6.07 Å². The molecule has 3 aromatic rings. The molecule has 0 saturated carbocycles. The molecule has 0 amide bonds. The summed E-state index contributed by atoms with van der Waals surface area (Å²) >= 11 is 5.92. The minimum Gasteiger partial charge on any atom is -0.321 e. The average Bonchev–Trinajstić information content (AvgIpc) is 2.97. The fourth-order valence-electron chi connectivity index (χ4n) is 3.07. The Labute approximate surface area is 168 Å².